The zero-order chi connectivity index (χ0) is 35.6. The summed E-state index contributed by atoms with van der Waals surface area (Å²) in [6, 6.07) is 52.2. The molecule has 4 nitrogen and oxygen atoms in total. The standard InChI is InChI=1S/C49H36N2O2/c1-48(2)38-16-8-5-13-32(38)34-23-21-29(26-40(34)48)51(30-22-24-35-33-14-6-9-17-39(33)49(3,4)41(35)27-30)31-25-37(47-50-42-18-10-12-20-44(42)53-47)46-36-15-7-11-19-43(36)52-45(46)28-31/h5-28H,1-4H3. The molecule has 53 heavy (non-hydrogen) atoms. The van der Waals surface area contributed by atoms with E-state index in [0.29, 0.717) is 5.89 Å². The second kappa shape index (κ2) is 10.6. The van der Waals surface area contributed by atoms with Crippen LogP contribution in [-0.2, 0) is 10.8 Å². The molecule has 0 bridgehead atoms. The Bertz CT molecular complexity index is 2840. The molecule has 2 aromatic heterocycles. The molecule has 11 rings (SSSR count). The van der Waals surface area contributed by atoms with Crippen LogP contribution >= 0.6 is 0 Å². The van der Waals surface area contributed by atoms with E-state index >= 15 is 0 Å². The summed E-state index contributed by atoms with van der Waals surface area (Å²) in [7, 11) is 0. The number of nitrogens with zero attached hydrogens (tertiary/aromatic N) is 2. The number of anilines is 3. The van der Waals surface area contributed by atoms with Crippen molar-refractivity contribution < 1.29 is 8.83 Å². The molecule has 0 saturated carbocycles. The molecule has 0 unspecified atom stereocenters. The van der Waals surface area contributed by atoms with E-state index in [1.807, 2.05) is 36.4 Å². The molecule has 9 aromatic rings. The molecule has 2 heterocycles. The number of rotatable bonds is 4. The molecule has 0 saturated heterocycles. The van der Waals surface area contributed by atoms with E-state index in [1.54, 1.807) is 0 Å². The number of furan rings is 1. The largest absolute Gasteiger partial charge is 0.456 e. The summed E-state index contributed by atoms with van der Waals surface area (Å²) in [6.07, 6.45) is 0. The number of hydrogen-bond donors (Lipinski definition) is 0. The number of oxazole rings is 1. The molecule has 7 aromatic carbocycles. The van der Waals surface area contributed by atoms with E-state index in [-0.39, 0.29) is 10.8 Å². The fourth-order valence-corrected chi connectivity index (χ4v) is 9.23. The van der Waals surface area contributed by atoms with Gasteiger partial charge in [-0.2, -0.15) is 0 Å². The highest BCUT2D eigenvalue weighted by molar-refractivity contribution is 6.13. The van der Waals surface area contributed by atoms with Crippen LogP contribution in [0.2, 0.25) is 0 Å². The van der Waals surface area contributed by atoms with Crippen molar-refractivity contribution >= 4 is 50.1 Å². The van der Waals surface area contributed by atoms with Crippen LogP contribution in [0.1, 0.15) is 49.9 Å². The van der Waals surface area contributed by atoms with Crippen molar-refractivity contribution in [2.24, 2.45) is 0 Å². The molecule has 0 amide bonds. The molecule has 0 fully saturated rings. The molecule has 2 aliphatic rings. The number of hydrogen-bond acceptors (Lipinski definition) is 4. The lowest BCUT2D eigenvalue weighted by Crippen LogP contribution is -2.18. The number of aromatic nitrogens is 1. The van der Waals surface area contributed by atoms with Gasteiger partial charge in [0.1, 0.15) is 16.7 Å². The SMILES string of the molecule is CC1(C)c2ccccc2-c2ccc(N(c3ccc4c(c3)C(C)(C)c3ccccc3-4)c3cc(-c4nc5ccccc5o4)c4c(c3)oc3ccccc34)cc21. The smallest absolute Gasteiger partial charge is 0.228 e. The van der Waals surface area contributed by atoms with Gasteiger partial charge in [-0.3, -0.25) is 0 Å². The maximum Gasteiger partial charge on any atom is 0.228 e. The summed E-state index contributed by atoms with van der Waals surface area (Å²) >= 11 is 0. The zero-order valence-electron chi connectivity index (χ0n) is 30.1. The predicted molar refractivity (Wildman–Crippen MR) is 217 cm³/mol. The fourth-order valence-electron chi connectivity index (χ4n) is 9.23. The van der Waals surface area contributed by atoms with Gasteiger partial charge in [-0.1, -0.05) is 119 Å². The van der Waals surface area contributed by atoms with Gasteiger partial charge in [-0.25, -0.2) is 4.98 Å². The highest BCUT2D eigenvalue weighted by Gasteiger charge is 2.38. The van der Waals surface area contributed by atoms with E-state index in [0.717, 1.165) is 55.7 Å². The summed E-state index contributed by atoms with van der Waals surface area (Å²) in [4.78, 5) is 7.40. The van der Waals surface area contributed by atoms with E-state index in [4.69, 9.17) is 13.8 Å². The highest BCUT2D eigenvalue weighted by atomic mass is 16.3. The van der Waals surface area contributed by atoms with Crippen LogP contribution in [0.3, 0.4) is 0 Å². The Morgan fingerprint density at radius 2 is 0.981 bits per heavy atom. The number of para-hydroxylation sites is 3. The van der Waals surface area contributed by atoms with Crippen LogP contribution < -0.4 is 4.90 Å². The van der Waals surface area contributed by atoms with Crippen molar-refractivity contribution in [2.45, 2.75) is 38.5 Å². The Hall–Kier alpha value is -6.39. The third-order valence-electron chi connectivity index (χ3n) is 11.9. The second-order valence-corrected chi connectivity index (χ2v) is 15.6. The molecular formula is C49H36N2O2. The summed E-state index contributed by atoms with van der Waals surface area (Å²) in [5.41, 5.74) is 17.5. The van der Waals surface area contributed by atoms with Gasteiger partial charge in [-0.15, -0.1) is 0 Å². The molecule has 4 heteroatoms. The molecular weight excluding hydrogens is 649 g/mol. The zero-order valence-corrected chi connectivity index (χ0v) is 30.1. The topological polar surface area (TPSA) is 42.4 Å². The summed E-state index contributed by atoms with van der Waals surface area (Å²) in [5, 5.41) is 2.03. The van der Waals surface area contributed by atoms with Crippen LogP contribution in [0.4, 0.5) is 17.1 Å². The summed E-state index contributed by atoms with van der Waals surface area (Å²) in [6.45, 7) is 9.36. The van der Waals surface area contributed by atoms with Gasteiger partial charge in [-0.05, 0) is 93.0 Å². The van der Waals surface area contributed by atoms with Crippen molar-refractivity contribution in [3.63, 3.8) is 0 Å². The van der Waals surface area contributed by atoms with Crippen LogP contribution in [-0.4, -0.2) is 4.98 Å². The van der Waals surface area contributed by atoms with Crippen LogP contribution in [0.15, 0.2) is 154 Å². The Kier molecular flexibility index (Phi) is 6.04. The highest BCUT2D eigenvalue weighted by Crippen LogP contribution is 2.53. The summed E-state index contributed by atoms with van der Waals surface area (Å²) in [5.74, 6) is 0.570. The Morgan fingerprint density at radius 1 is 0.434 bits per heavy atom. The van der Waals surface area contributed by atoms with Crippen LogP contribution in [0.25, 0.3) is 66.7 Å². The fraction of sp³-hybridized carbons (Fsp3) is 0.122. The Morgan fingerprint density at radius 3 is 1.62 bits per heavy atom. The van der Waals surface area contributed by atoms with Gasteiger partial charge in [0, 0.05) is 39.0 Å². The van der Waals surface area contributed by atoms with Crippen molar-refractivity contribution in [1.29, 1.82) is 0 Å². The van der Waals surface area contributed by atoms with Crippen molar-refractivity contribution in [2.75, 3.05) is 4.90 Å². The predicted octanol–water partition coefficient (Wildman–Crippen LogP) is 13.5. The Labute approximate surface area is 308 Å². The van der Waals surface area contributed by atoms with Crippen molar-refractivity contribution in [3.05, 3.63) is 168 Å². The molecule has 0 radical (unpaired) electrons. The van der Waals surface area contributed by atoms with Crippen LogP contribution in [0.5, 0.6) is 0 Å². The Balaban J connectivity index is 1.19. The van der Waals surface area contributed by atoms with Gasteiger partial charge in [0.15, 0.2) is 5.58 Å². The van der Waals surface area contributed by atoms with E-state index in [9.17, 15) is 0 Å². The van der Waals surface area contributed by atoms with Gasteiger partial charge in [0.05, 0.1) is 11.3 Å². The first kappa shape index (κ1) is 30.3. The minimum Gasteiger partial charge on any atom is -0.456 e. The maximum atomic E-state index is 6.65. The van der Waals surface area contributed by atoms with Crippen molar-refractivity contribution in [1.82, 2.24) is 4.98 Å². The molecule has 2 aliphatic carbocycles. The first-order valence-corrected chi connectivity index (χ1v) is 18.4. The molecule has 0 atom stereocenters. The minimum absolute atomic E-state index is 0.152. The molecule has 254 valence electrons. The monoisotopic (exact) mass is 684 g/mol. The number of fused-ring (bicyclic) bond motifs is 10. The van der Waals surface area contributed by atoms with Gasteiger partial charge in [0.25, 0.3) is 0 Å². The van der Waals surface area contributed by atoms with Crippen molar-refractivity contribution in [3.8, 4) is 33.7 Å². The van der Waals surface area contributed by atoms with Crippen LogP contribution in [0, 0.1) is 0 Å². The quantitative estimate of drug-likeness (QED) is 0.185. The lowest BCUT2D eigenvalue weighted by Gasteiger charge is -2.30. The second-order valence-electron chi connectivity index (χ2n) is 15.6. The number of benzene rings is 7. The van der Waals surface area contributed by atoms with Gasteiger partial charge < -0.3 is 13.7 Å². The van der Waals surface area contributed by atoms with Gasteiger partial charge >= 0.3 is 0 Å². The minimum atomic E-state index is -0.152. The average Bonchev–Trinajstić information content (AvgIpc) is 3.90. The summed E-state index contributed by atoms with van der Waals surface area (Å²) < 4.78 is 13.2. The van der Waals surface area contributed by atoms with E-state index < -0.39 is 0 Å². The first-order valence-electron chi connectivity index (χ1n) is 18.4. The van der Waals surface area contributed by atoms with Gasteiger partial charge in [0.2, 0.25) is 5.89 Å². The van der Waals surface area contributed by atoms with E-state index in [2.05, 4.69) is 142 Å². The first-order chi connectivity index (χ1) is 25.8. The normalized spacial score (nSPS) is 14.7. The molecule has 0 spiro atoms. The third kappa shape index (κ3) is 4.21. The lowest BCUT2D eigenvalue weighted by molar-refractivity contribution is 0.620. The average molecular weight is 685 g/mol. The van der Waals surface area contributed by atoms with E-state index in [1.165, 1.54) is 44.5 Å². The molecule has 0 N–H and O–H groups in total. The maximum absolute atomic E-state index is 6.65. The third-order valence-corrected chi connectivity index (χ3v) is 11.9. The lowest BCUT2D eigenvalue weighted by atomic mass is 9.82. The molecule has 0 aliphatic heterocycles.